The van der Waals surface area contributed by atoms with E-state index in [1.165, 1.54) is 0 Å². The van der Waals surface area contributed by atoms with Gasteiger partial charge in [-0.05, 0) is 31.4 Å². The summed E-state index contributed by atoms with van der Waals surface area (Å²) in [5.41, 5.74) is 7.78. The molecule has 1 aliphatic rings. The van der Waals surface area contributed by atoms with E-state index in [0.717, 1.165) is 36.9 Å². The van der Waals surface area contributed by atoms with Gasteiger partial charge >= 0.3 is 0 Å². The summed E-state index contributed by atoms with van der Waals surface area (Å²) < 4.78 is 0. The standard InChI is InChI=1S/C13H19N3O/c1-9-6-10(8-15-7-9)16-13(17)11-4-2-3-5-12(11)14/h6-8,11-12H,2-5,14H2,1H3,(H,16,17). The number of hydrogen-bond acceptors (Lipinski definition) is 3. The van der Waals surface area contributed by atoms with Crippen LogP contribution in [0.2, 0.25) is 0 Å². The van der Waals surface area contributed by atoms with Crippen molar-refractivity contribution in [3.05, 3.63) is 24.0 Å². The molecule has 3 N–H and O–H groups in total. The van der Waals surface area contributed by atoms with Gasteiger partial charge in [-0.3, -0.25) is 9.78 Å². The lowest BCUT2D eigenvalue weighted by Crippen LogP contribution is -2.40. The molecule has 92 valence electrons. The lowest BCUT2D eigenvalue weighted by Gasteiger charge is -2.27. The SMILES string of the molecule is Cc1cncc(NC(=O)C2CCCCC2N)c1. The van der Waals surface area contributed by atoms with E-state index < -0.39 is 0 Å². The lowest BCUT2D eigenvalue weighted by molar-refractivity contribution is -0.121. The number of carbonyl (C=O) groups is 1. The Hall–Kier alpha value is -1.42. The zero-order valence-corrected chi connectivity index (χ0v) is 10.1. The molecule has 2 unspecified atom stereocenters. The van der Waals surface area contributed by atoms with Gasteiger partial charge in [0, 0.05) is 12.2 Å². The summed E-state index contributed by atoms with van der Waals surface area (Å²) >= 11 is 0. The monoisotopic (exact) mass is 233 g/mol. The molecule has 4 nitrogen and oxygen atoms in total. The molecule has 1 aromatic heterocycles. The molecule has 0 radical (unpaired) electrons. The van der Waals surface area contributed by atoms with E-state index >= 15 is 0 Å². The lowest BCUT2D eigenvalue weighted by atomic mass is 9.84. The summed E-state index contributed by atoms with van der Waals surface area (Å²) in [7, 11) is 0. The third kappa shape index (κ3) is 3.03. The molecule has 1 amide bonds. The molecule has 1 aromatic rings. The molecule has 0 aliphatic heterocycles. The molecule has 4 heteroatoms. The first-order chi connectivity index (χ1) is 8.16. The average molecular weight is 233 g/mol. The van der Waals surface area contributed by atoms with Crippen LogP contribution in [-0.2, 0) is 4.79 Å². The second kappa shape index (κ2) is 5.27. The van der Waals surface area contributed by atoms with Gasteiger partial charge in [-0.25, -0.2) is 0 Å². The number of nitrogens with one attached hydrogen (secondary N) is 1. The van der Waals surface area contributed by atoms with Gasteiger partial charge in [-0.1, -0.05) is 12.8 Å². The molecule has 0 spiro atoms. The predicted octanol–water partition coefficient (Wildman–Crippen LogP) is 1.85. The Morgan fingerprint density at radius 2 is 2.18 bits per heavy atom. The number of hydrogen-bond donors (Lipinski definition) is 2. The Balaban J connectivity index is 2.01. The van der Waals surface area contributed by atoms with Crippen LogP contribution in [0.5, 0.6) is 0 Å². The van der Waals surface area contributed by atoms with Crippen molar-refractivity contribution in [2.45, 2.75) is 38.6 Å². The number of anilines is 1. The van der Waals surface area contributed by atoms with E-state index in [-0.39, 0.29) is 17.9 Å². The maximum absolute atomic E-state index is 12.1. The van der Waals surface area contributed by atoms with Gasteiger partial charge in [0.1, 0.15) is 0 Å². The van der Waals surface area contributed by atoms with Gasteiger partial charge < -0.3 is 11.1 Å². The topological polar surface area (TPSA) is 68.0 Å². The largest absolute Gasteiger partial charge is 0.327 e. The van der Waals surface area contributed by atoms with Crippen molar-refractivity contribution in [1.29, 1.82) is 0 Å². The number of pyridine rings is 1. The van der Waals surface area contributed by atoms with E-state index in [1.807, 2.05) is 13.0 Å². The van der Waals surface area contributed by atoms with Crippen molar-refractivity contribution in [3.8, 4) is 0 Å². The fraction of sp³-hybridized carbons (Fsp3) is 0.538. The van der Waals surface area contributed by atoms with E-state index in [4.69, 9.17) is 5.73 Å². The second-order valence-electron chi connectivity index (χ2n) is 4.80. The third-order valence-corrected chi connectivity index (χ3v) is 3.30. The first-order valence-electron chi connectivity index (χ1n) is 6.15. The van der Waals surface area contributed by atoms with Gasteiger partial charge in [-0.2, -0.15) is 0 Å². The average Bonchev–Trinajstić information content (AvgIpc) is 2.29. The van der Waals surface area contributed by atoms with E-state index in [1.54, 1.807) is 12.4 Å². The van der Waals surface area contributed by atoms with Gasteiger partial charge in [0.25, 0.3) is 0 Å². The summed E-state index contributed by atoms with van der Waals surface area (Å²) in [6.07, 6.45) is 7.51. The van der Waals surface area contributed by atoms with Crippen LogP contribution in [0.1, 0.15) is 31.2 Å². The Morgan fingerprint density at radius 1 is 1.41 bits per heavy atom. The summed E-state index contributed by atoms with van der Waals surface area (Å²) in [4.78, 5) is 16.1. The Kier molecular flexibility index (Phi) is 3.74. The highest BCUT2D eigenvalue weighted by Crippen LogP contribution is 2.24. The summed E-state index contributed by atoms with van der Waals surface area (Å²) in [5, 5.41) is 2.90. The summed E-state index contributed by atoms with van der Waals surface area (Å²) in [6.45, 7) is 1.95. The molecular weight excluding hydrogens is 214 g/mol. The quantitative estimate of drug-likeness (QED) is 0.819. The van der Waals surface area contributed by atoms with Crippen molar-refractivity contribution < 1.29 is 4.79 Å². The fourth-order valence-electron chi connectivity index (χ4n) is 2.34. The molecule has 2 rings (SSSR count). The van der Waals surface area contributed by atoms with Gasteiger partial charge in [-0.15, -0.1) is 0 Å². The van der Waals surface area contributed by atoms with Crippen LogP contribution in [0, 0.1) is 12.8 Å². The van der Waals surface area contributed by atoms with Gasteiger partial charge in [0.05, 0.1) is 17.8 Å². The minimum atomic E-state index is -0.0516. The number of nitrogens with zero attached hydrogens (tertiary/aromatic N) is 1. The van der Waals surface area contributed by atoms with E-state index in [0.29, 0.717) is 0 Å². The van der Waals surface area contributed by atoms with Crippen LogP contribution >= 0.6 is 0 Å². The number of aromatic nitrogens is 1. The first kappa shape index (κ1) is 12.0. The molecule has 0 aromatic carbocycles. The zero-order valence-electron chi connectivity index (χ0n) is 10.1. The Morgan fingerprint density at radius 3 is 2.88 bits per heavy atom. The van der Waals surface area contributed by atoms with Gasteiger partial charge in [0.2, 0.25) is 5.91 Å². The highest BCUT2D eigenvalue weighted by atomic mass is 16.1. The molecule has 1 aliphatic carbocycles. The highest BCUT2D eigenvalue weighted by molar-refractivity contribution is 5.93. The number of rotatable bonds is 2. The van der Waals surface area contributed by atoms with Crippen molar-refractivity contribution in [2.24, 2.45) is 11.7 Å². The zero-order chi connectivity index (χ0) is 12.3. The molecular formula is C13H19N3O. The molecule has 1 saturated carbocycles. The fourth-order valence-corrected chi connectivity index (χ4v) is 2.34. The number of carbonyl (C=O) groups excluding carboxylic acids is 1. The predicted molar refractivity (Wildman–Crippen MR) is 67.5 cm³/mol. The molecule has 17 heavy (non-hydrogen) atoms. The summed E-state index contributed by atoms with van der Waals surface area (Å²) in [6, 6.07) is 1.92. The second-order valence-corrected chi connectivity index (χ2v) is 4.80. The summed E-state index contributed by atoms with van der Waals surface area (Å²) in [5.74, 6) is -0.0196. The van der Waals surface area contributed by atoms with Crippen molar-refractivity contribution in [2.75, 3.05) is 5.32 Å². The van der Waals surface area contributed by atoms with E-state index in [2.05, 4.69) is 10.3 Å². The van der Waals surface area contributed by atoms with Crippen LogP contribution in [0.4, 0.5) is 5.69 Å². The van der Waals surface area contributed by atoms with Crippen LogP contribution in [0.3, 0.4) is 0 Å². The smallest absolute Gasteiger partial charge is 0.229 e. The minimum absolute atomic E-state index is 0.00141. The van der Waals surface area contributed by atoms with Crippen molar-refractivity contribution in [1.82, 2.24) is 4.98 Å². The van der Waals surface area contributed by atoms with E-state index in [9.17, 15) is 4.79 Å². The van der Waals surface area contributed by atoms with Crippen molar-refractivity contribution >= 4 is 11.6 Å². The van der Waals surface area contributed by atoms with Crippen molar-refractivity contribution in [3.63, 3.8) is 0 Å². The third-order valence-electron chi connectivity index (χ3n) is 3.30. The van der Waals surface area contributed by atoms with Crippen LogP contribution < -0.4 is 11.1 Å². The van der Waals surface area contributed by atoms with Crippen LogP contribution in [0.15, 0.2) is 18.5 Å². The molecule has 2 atom stereocenters. The maximum atomic E-state index is 12.1. The van der Waals surface area contributed by atoms with Crippen LogP contribution in [-0.4, -0.2) is 16.9 Å². The Labute approximate surface area is 102 Å². The number of amides is 1. The molecule has 0 saturated heterocycles. The minimum Gasteiger partial charge on any atom is -0.327 e. The molecule has 0 bridgehead atoms. The number of aryl methyl sites for hydroxylation is 1. The normalized spacial score (nSPS) is 24.4. The molecule has 1 fully saturated rings. The number of nitrogens with two attached hydrogens (primary N) is 1. The molecule has 1 heterocycles. The highest BCUT2D eigenvalue weighted by Gasteiger charge is 2.28. The van der Waals surface area contributed by atoms with Crippen LogP contribution in [0.25, 0.3) is 0 Å². The first-order valence-corrected chi connectivity index (χ1v) is 6.15. The Bertz CT molecular complexity index is 405. The van der Waals surface area contributed by atoms with Gasteiger partial charge in [0.15, 0.2) is 0 Å². The maximum Gasteiger partial charge on any atom is 0.229 e.